The van der Waals surface area contributed by atoms with E-state index in [-0.39, 0.29) is 11.8 Å². The second-order valence-corrected chi connectivity index (χ2v) is 7.98. The molecule has 32 heavy (non-hydrogen) atoms. The van der Waals surface area contributed by atoms with Gasteiger partial charge >= 0.3 is 0 Å². The Kier molecular flexibility index (Phi) is 7.13. The van der Waals surface area contributed by atoms with Gasteiger partial charge in [-0.1, -0.05) is 85.6 Å². The summed E-state index contributed by atoms with van der Waals surface area (Å²) in [7, 11) is 0. The van der Waals surface area contributed by atoms with Gasteiger partial charge in [0.05, 0.1) is 0 Å². The first-order chi connectivity index (χ1) is 15.7. The van der Waals surface area contributed by atoms with Crippen molar-refractivity contribution in [1.29, 1.82) is 0 Å². The summed E-state index contributed by atoms with van der Waals surface area (Å²) < 4.78 is 0. The van der Waals surface area contributed by atoms with Crippen LogP contribution >= 0.6 is 0 Å². The molecule has 0 radical (unpaired) electrons. The Morgan fingerprint density at radius 2 is 0.906 bits per heavy atom. The first-order valence-electron chi connectivity index (χ1n) is 11.3. The highest BCUT2D eigenvalue weighted by Gasteiger charge is 2.10. The number of rotatable bonds is 9. The summed E-state index contributed by atoms with van der Waals surface area (Å²) in [5.74, 6) is -0.0479. The molecule has 0 aliphatic carbocycles. The monoisotopic (exact) mass is 424 g/mol. The van der Waals surface area contributed by atoms with Crippen LogP contribution in [0.4, 0.5) is 0 Å². The number of amides is 2. The van der Waals surface area contributed by atoms with Crippen molar-refractivity contribution in [1.82, 2.24) is 10.6 Å². The van der Waals surface area contributed by atoms with E-state index in [2.05, 4.69) is 10.6 Å². The fraction of sp³-hybridized carbons (Fsp3) is 0.214. The van der Waals surface area contributed by atoms with Crippen LogP contribution in [0.1, 0.15) is 46.4 Å². The molecule has 0 aromatic heterocycles. The molecule has 4 aromatic carbocycles. The third kappa shape index (κ3) is 5.14. The summed E-state index contributed by atoms with van der Waals surface area (Å²) in [5.41, 5.74) is 1.44. The van der Waals surface area contributed by atoms with Gasteiger partial charge in [-0.2, -0.15) is 0 Å². The Labute approximate surface area is 188 Å². The second-order valence-electron chi connectivity index (χ2n) is 7.98. The zero-order valence-electron chi connectivity index (χ0n) is 18.1. The molecule has 0 bridgehead atoms. The minimum atomic E-state index is -0.0239. The molecule has 4 aromatic rings. The molecule has 4 rings (SSSR count). The number of carbonyl (C=O) groups excluding carboxylic acids is 2. The zero-order valence-corrected chi connectivity index (χ0v) is 18.1. The normalized spacial score (nSPS) is 10.9. The molecule has 0 fully saturated rings. The third-order valence-electron chi connectivity index (χ3n) is 5.74. The molecule has 4 heteroatoms. The van der Waals surface area contributed by atoms with E-state index in [0.29, 0.717) is 13.1 Å². The molecule has 0 aliphatic rings. The smallest absolute Gasteiger partial charge is 0.251 e. The highest BCUT2D eigenvalue weighted by Crippen LogP contribution is 2.19. The minimum Gasteiger partial charge on any atom is -0.352 e. The molecule has 0 unspecified atom stereocenters. The SMILES string of the molecule is O=C(NCCCCCCNC(=O)c1cccc2ccccc12)c1cccc2ccccc12. The highest BCUT2D eigenvalue weighted by molar-refractivity contribution is 6.07. The number of hydrogen-bond donors (Lipinski definition) is 2. The average Bonchev–Trinajstić information content (AvgIpc) is 2.84. The Morgan fingerprint density at radius 3 is 1.38 bits per heavy atom. The number of fused-ring (bicyclic) bond motifs is 2. The van der Waals surface area contributed by atoms with Crippen LogP contribution in [-0.2, 0) is 0 Å². The fourth-order valence-corrected chi connectivity index (χ4v) is 4.04. The summed E-state index contributed by atoms with van der Waals surface area (Å²) in [6.07, 6.45) is 3.88. The molecule has 162 valence electrons. The maximum atomic E-state index is 12.5. The molecule has 0 spiro atoms. The van der Waals surface area contributed by atoms with Crippen molar-refractivity contribution in [2.45, 2.75) is 25.7 Å². The minimum absolute atomic E-state index is 0.0239. The Bertz CT molecular complexity index is 1120. The predicted octanol–water partition coefficient (Wildman–Crippen LogP) is 5.71. The first-order valence-corrected chi connectivity index (χ1v) is 11.3. The van der Waals surface area contributed by atoms with Crippen molar-refractivity contribution in [3.8, 4) is 0 Å². The van der Waals surface area contributed by atoms with Crippen molar-refractivity contribution in [3.05, 3.63) is 96.1 Å². The van der Waals surface area contributed by atoms with Crippen LogP contribution in [0.5, 0.6) is 0 Å². The lowest BCUT2D eigenvalue weighted by Gasteiger charge is -2.09. The summed E-state index contributed by atoms with van der Waals surface area (Å²) >= 11 is 0. The molecule has 0 heterocycles. The predicted molar refractivity (Wildman–Crippen MR) is 131 cm³/mol. The van der Waals surface area contributed by atoms with Gasteiger partial charge in [0, 0.05) is 24.2 Å². The number of hydrogen-bond acceptors (Lipinski definition) is 2. The lowest BCUT2D eigenvalue weighted by Crippen LogP contribution is -2.25. The van der Waals surface area contributed by atoms with E-state index < -0.39 is 0 Å². The van der Waals surface area contributed by atoms with E-state index in [1.54, 1.807) is 0 Å². The van der Waals surface area contributed by atoms with Crippen LogP contribution in [0.3, 0.4) is 0 Å². The van der Waals surface area contributed by atoms with Gasteiger partial charge in [0.15, 0.2) is 0 Å². The van der Waals surface area contributed by atoms with Crippen LogP contribution < -0.4 is 10.6 Å². The second kappa shape index (κ2) is 10.6. The van der Waals surface area contributed by atoms with Gasteiger partial charge in [0.2, 0.25) is 0 Å². The van der Waals surface area contributed by atoms with Crippen LogP contribution in [0.25, 0.3) is 21.5 Å². The van der Waals surface area contributed by atoms with Crippen molar-refractivity contribution < 1.29 is 9.59 Å². The van der Waals surface area contributed by atoms with Gasteiger partial charge in [-0.05, 0) is 46.5 Å². The lowest BCUT2D eigenvalue weighted by atomic mass is 10.0. The maximum absolute atomic E-state index is 12.5. The zero-order chi connectivity index (χ0) is 22.2. The van der Waals surface area contributed by atoms with Gasteiger partial charge in [-0.25, -0.2) is 0 Å². The maximum Gasteiger partial charge on any atom is 0.251 e. The number of carbonyl (C=O) groups is 2. The third-order valence-corrected chi connectivity index (χ3v) is 5.74. The molecule has 2 N–H and O–H groups in total. The van der Waals surface area contributed by atoms with Crippen molar-refractivity contribution >= 4 is 33.4 Å². The summed E-state index contributed by atoms with van der Waals surface area (Å²) in [5, 5.41) is 10.2. The topological polar surface area (TPSA) is 58.2 Å². The fourth-order valence-electron chi connectivity index (χ4n) is 4.04. The number of unbranched alkanes of at least 4 members (excludes halogenated alkanes) is 3. The molecule has 0 saturated carbocycles. The standard InChI is InChI=1S/C28H28N2O2/c31-27(25-17-9-13-21-11-3-5-15-23(21)25)29-19-7-1-2-8-20-30-28(32)26-18-10-14-22-12-4-6-16-24(22)26/h3-6,9-18H,1-2,7-8,19-20H2,(H,29,31)(H,30,32). The Morgan fingerprint density at radius 1 is 0.500 bits per heavy atom. The highest BCUT2D eigenvalue weighted by atomic mass is 16.2. The average molecular weight is 425 g/mol. The lowest BCUT2D eigenvalue weighted by molar-refractivity contribution is 0.0945. The van der Waals surface area contributed by atoms with Crippen LogP contribution in [-0.4, -0.2) is 24.9 Å². The van der Waals surface area contributed by atoms with Gasteiger partial charge in [-0.15, -0.1) is 0 Å². The van der Waals surface area contributed by atoms with Crippen molar-refractivity contribution in [3.63, 3.8) is 0 Å². The summed E-state index contributed by atoms with van der Waals surface area (Å²) in [6, 6.07) is 27.5. The Balaban J connectivity index is 1.15. The molecular weight excluding hydrogens is 396 g/mol. The molecular formula is C28H28N2O2. The van der Waals surface area contributed by atoms with Gasteiger partial charge in [0.25, 0.3) is 11.8 Å². The summed E-state index contributed by atoms with van der Waals surface area (Å²) in [4.78, 5) is 25.1. The molecule has 0 atom stereocenters. The van der Waals surface area contributed by atoms with E-state index in [1.807, 2.05) is 84.9 Å². The van der Waals surface area contributed by atoms with E-state index in [1.165, 1.54) is 0 Å². The molecule has 2 amide bonds. The van der Waals surface area contributed by atoms with Crippen molar-refractivity contribution in [2.24, 2.45) is 0 Å². The number of nitrogens with one attached hydrogen (secondary N) is 2. The van der Waals surface area contributed by atoms with Crippen LogP contribution in [0.15, 0.2) is 84.9 Å². The van der Waals surface area contributed by atoms with Gasteiger partial charge in [-0.3, -0.25) is 9.59 Å². The van der Waals surface area contributed by atoms with Crippen molar-refractivity contribution in [2.75, 3.05) is 13.1 Å². The quantitative estimate of drug-likeness (QED) is 0.338. The van der Waals surface area contributed by atoms with Crippen LogP contribution in [0.2, 0.25) is 0 Å². The van der Waals surface area contributed by atoms with Gasteiger partial charge in [0.1, 0.15) is 0 Å². The summed E-state index contributed by atoms with van der Waals surface area (Å²) in [6.45, 7) is 1.31. The molecule has 0 aliphatic heterocycles. The first kappa shape index (κ1) is 21.6. The van der Waals surface area contributed by atoms with E-state index in [4.69, 9.17) is 0 Å². The van der Waals surface area contributed by atoms with E-state index in [0.717, 1.165) is 58.4 Å². The molecule has 4 nitrogen and oxygen atoms in total. The number of benzene rings is 4. The Hall–Kier alpha value is -3.66. The van der Waals surface area contributed by atoms with Crippen LogP contribution in [0, 0.1) is 0 Å². The van der Waals surface area contributed by atoms with E-state index >= 15 is 0 Å². The van der Waals surface area contributed by atoms with E-state index in [9.17, 15) is 9.59 Å². The van der Waals surface area contributed by atoms with Gasteiger partial charge < -0.3 is 10.6 Å². The largest absolute Gasteiger partial charge is 0.352 e. The molecule has 0 saturated heterocycles.